The number of ether oxygens (including phenoxy) is 2. The van der Waals surface area contributed by atoms with Crippen LogP contribution in [-0.4, -0.2) is 38.3 Å². The molecule has 0 spiro atoms. The smallest absolute Gasteiger partial charge is 0.265 e. The van der Waals surface area contributed by atoms with E-state index in [0.717, 1.165) is 17.5 Å². The molecular weight excluding hydrogens is 394 g/mol. The van der Waals surface area contributed by atoms with E-state index in [1.807, 2.05) is 54.0 Å². The Morgan fingerprint density at radius 3 is 2.45 bits per heavy atom. The highest BCUT2D eigenvalue weighted by Gasteiger charge is 2.22. The Bertz CT molecular complexity index is 1500. The highest BCUT2D eigenvalue weighted by molar-refractivity contribution is 6.06. The van der Waals surface area contributed by atoms with E-state index in [1.165, 1.54) is 0 Å². The van der Waals surface area contributed by atoms with Crippen LogP contribution in [0.1, 0.15) is 13.3 Å². The van der Waals surface area contributed by atoms with Gasteiger partial charge in [-0.25, -0.2) is 15.0 Å². The summed E-state index contributed by atoms with van der Waals surface area (Å²) < 4.78 is 14.5. The normalized spacial score (nSPS) is 11.5. The van der Waals surface area contributed by atoms with Crippen molar-refractivity contribution in [2.75, 3.05) is 14.2 Å². The van der Waals surface area contributed by atoms with Gasteiger partial charge in [-0.05, 0) is 30.7 Å². The highest BCUT2D eigenvalue weighted by Crippen LogP contribution is 2.34. The van der Waals surface area contributed by atoms with Crippen LogP contribution in [0, 0.1) is 0 Å². The van der Waals surface area contributed by atoms with Crippen LogP contribution in [0.3, 0.4) is 0 Å². The molecule has 0 saturated heterocycles. The fourth-order valence-electron chi connectivity index (χ4n) is 3.87. The fraction of sp³-hybridized carbons (Fsp3) is 0.217. The van der Waals surface area contributed by atoms with E-state index in [-0.39, 0.29) is 5.56 Å². The van der Waals surface area contributed by atoms with Crippen LogP contribution in [0.5, 0.6) is 11.5 Å². The van der Waals surface area contributed by atoms with Gasteiger partial charge in [0.1, 0.15) is 22.4 Å². The number of fused-ring (bicyclic) bond motifs is 4. The molecule has 3 heterocycles. The molecule has 0 bridgehead atoms. The second-order valence-corrected chi connectivity index (χ2v) is 7.20. The van der Waals surface area contributed by atoms with Crippen molar-refractivity contribution in [2.45, 2.75) is 19.9 Å². The van der Waals surface area contributed by atoms with Crippen LogP contribution >= 0.6 is 0 Å². The lowest BCUT2D eigenvalue weighted by atomic mass is 10.2. The Labute approximate surface area is 177 Å². The molecule has 0 aliphatic rings. The Kier molecular flexibility index (Phi) is 4.54. The molecule has 0 radical (unpaired) electrons. The standard InChI is InChI=1S/C23H21N5O3/c1-4-11-27-13-24-21-19(23(27)29)20-22(26-16-8-6-5-7-15(16)25-20)28(21)17-12-14(30-2)9-10-18(17)31-3/h5-10,12-13H,4,11H2,1-3H3. The van der Waals surface area contributed by atoms with E-state index < -0.39 is 0 Å². The molecule has 0 fully saturated rings. The van der Waals surface area contributed by atoms with Crippen molar-refractivity contribution in [3.8, 4) is 17.2 Å². The van der Waals surface area contributed by atoms with Crippen LogP contribution in [0.15, 0.2) is 53.6 Å². The second kappa shape index (κ2) is 7.39. The largest absolute Gasteiger partial charge is 0.497 e. The SMILES string of the molecule is CCCn1cnc2c(c1=O)c1nc3ccccc3nc1n2-c1cc(OC)ccc1OC. The summed E-state index contributed by atoms with van der Waals surface area (Å²) in [4.78, 5) is 27.7. The first-order valence-corrected chi connectivity index (χ1v) is 10.0. The number of benzene rings is 2. The highest BCUT2D eigenvalue weighted by atomic mass is 16.5. The van der Waals surface area contributed by atoms with Gasteiger partial charge in [0.2, 0.25) is 0 Å². The summed E-state index contributed by atoms with van der Waals surface area (Å²) in [7, 11) is 3.20. The van der Waals surface area contributed by atoms with E-state index in [9.17, 15) is 4.79 Å². The Hall–Kier alpha value is -3.94. The van der Waals surface area contributed by atoms with Gasteiger partial charge in [0.05, 0.1) is 37.3 Å². The molecule has 0 saturated carbocycles. The zero-order chi connectivity index (χ0) is 21.5. The fourth-order valence-corrected chi connectivity index (χ4v) is 3.87. The number of rotatable bonds is 5. The number of hydrogen-bond acceptors (Lipinski definition) is 6. The molecule has 5 rings (SSSR count). The number of nitrogens with zero attached hydrogens (tertiary/aromatic N) is 5. The molecular formula is C23H21N5O3. The zero-order valence-electron chi connectivity index (χ0n) is 17.5. The monoisotopic (exact) mass is 415 g/mol. The average Bonchev–Trinajstić information content (AvgIpc) is 3.12. The third kappa shape index (κ3) is 2.91. The quantitative estimate of drug-likeness (QED) is 0.435. The molecule has 8 nitrogen and oxygen atoms in total. The van der Waals surface area contributed by atoms with Gasteiger partial charge in [0, 0.05) is 12.6 Å². The summed E-state index contributed by atoms with van der Waals surface area (Å²) in [6.07, 6.45) is 2.40. The summed E-state index contributed by atoms with van der Waals surface area (Å²) in [6, 6.07) is 13.1. The zero-order valence-corrected chi connectivity index (χ0v) is 17.5. The number of hydrogen-bond donors (Lipinski definition) is 0. The maximum atomic E-state index is 13.4. The summed E-state index contributed by atoms with van der Waals surface area (Å²) in [5.74, 6) is 1.26. The summed E-state index contributed by atoms with van der Waals surface area (Å²) in [6.45, 7) is 2.60. The number of para-hydroxylation sites is 2. The lowest BCUT2D eigenvalue weighted by Gasteiger charge is -2.13. The minimum atomic E-state index is -0.137. The van der Waals surface area contributed by atoms with E-state index in [4.69, 9.17) is 19.4 Å². The topological polar surface area (TPSA) is 84.1 Å². The third-order valence-electron chi connectivity index (χ3n) is 5.32. The number of aromatic nitrogens is 5. The number of aryl methyl sites for hydroxylation is 1. The molecule has 0 amide bonds. The molecule has 0 atom stereocenters. The Morgan fingerprint density at radius 2 is 1.74 bits per heavy atom. The minimum absolute atomic E-state index is 0.137. The van der Waals surface area contributed by atoms with Crippen LogP contribution in [-0.2, 0) is 6.54 Å². The molecule has 3 aromatic heterocycles. The first-order valence-electron chi connectivity index (χ1n) is 10.0. The van der Waals surface area contributed by atoms with E-state index >= 15 is 0 Å². The van der Waals surface area contributed by atoms with Gasteiger partial charge in [0.25, 0.3) is 5.56 Å². The van der Waals surface area contributed by atoms with E-state index in [2.05, 4.69) is 4.98 Å². The third-order valence-corrected chi connectivity index (χ3v) is 5.32. The summed E-state index contributed by atoms with van der Waals surface area (Å²) in [5, 5.41) is 0.439. The lowest BCUT2D eigenvalue weighted by Crippen LogP contribution is -2.20. The maximum Gasteiger partial charge on any atom is 0.265 e. The van der Waals surface area contributed by atoms with Gasteiger partial charge in [-0.3, -0.25) is 13.9 Å². The molecule has 5 aromatic rings. The molecule has 31 heavy (non-hydrogen) atoms. The van der Waals surface area contributed by atoms with E-state index in [1.54, 1.807) is 25.1 Å². The first kappa shape index (κ1) is 19.0. The van der Waals surface area contributed by atoms with Crippen LogP contribution < -0.4 is 15.0 Å². The van der Waals surface area contributed by atoms with Crippen LogP contribution in [0.25, 0.3) is 38.9 Å². The number of methoxy groups -OCH3 is 2. The van der Waals surface area contributed by atoms with Gasteiger partial charge in [0.15, 0.2) is 11.3 Å². The summed E-state index contributed by atoms with van der Waals surface area (Å²) in [5.41, 5.74) is 3.52. The maximum absolute atomic E-state index is 13.4. The first-order chi connectivity index (χ1) is 15.2. The Morgan fingerprint density at radius 1 is 0.968 bits per heavy atom. The van der Waals surface area contributed by atoms with Crippen LogP contribution in [0.2, 0.25) is 0 Å². The predicted molar refractivity (Wildman–Crippen MR) is 119 cm³/mol. The molecule has 156 valence electrons. The summed E-state index contributed by atoms with van der Waals surface area (Å²) >= 11 is 0. The predicted octanol–water partition coefficient (Wildman–Crippen LogP) is 3.71. The lowest BCUT2D eigenvalue weighted by molar-refractivity contribution is 0.402. The van der Waals surface area contributed by atoms with Gasteiger partial charge >= 0.3 is 0 Å². The van der Waals surface area contributed by atoms with Crippen molar-refractivity contribution in [3.63, 3.8) is 0 Å². The van der Waals surface area contributed by atoms with Gasteiger partial charge in [-0.15, -0.1) is 0 Å². The van der Waals surface area contributed by atoms with Gasteiger partial charge in [-0.1, -0.05) is 19.1 Å². The van der Waals surface area contributed by atoms with Gasteiger partial charge < -0.3 is 9.47 Å². The second-order valence-electron chi connectivity index (χ2n) is 7.20. The molecule has 0 aliphatic carbocycles. The van der Waals surface area contributed by atoms with Crippen LogP contribution in [0.4, 0.5) is 0 Å². The molecule has 2 aromatic carbocycles. The van der Waals surface area contributed by atoms with Crippen molar-refractivity contribution in [1.29, 1.82) is 0 Å². The van der Waals surface area contributed by atoms with Crippen molar-refractivity contribution in [2.24, 2.45) is 0 Å². The van der Waals surface area contributed by atoms with Crippen molar-refractivity contribution < 1.29 is 9.47 Å². The average molecular weight is 415 g/mol. The van der Waals surface area contributed by atoms with Crippen molar-refractivity contribution >= 4 is 33.2 Å². The molecule has 8 heteroatoms. The van der Waals surface area contributed by atoms with Gasteiger partial charge in [-0.2, -0.15) is 0 Å². The van der Waals surface area contributed by atoms with E-state index in [0.29, 0.717) is 45.9 Å². The molecule has 0 N–H and O–H groups in total. The minimum Gasteiger partial charge on any atom is -0.497 e. The van der Waals surface area contributed by atoms with Crippen molar-refractivity contribution in [3.05, 3.63) is 59.1 Å². The molecule has 0 unspecified atom stereocenters. The van der Waals surface area contributed by atoms with Crippen molar-refractivity contribution in [1.82, 2.24) is 24.1 Å². The molecule has 0 aliphatic heterocycles. The Balaban J connectivity index is 1.99.